The summed E-state index contributed by atoms with van der Waals surface area (Å²) in [7, 11) is 0. The molecule has 1 aliphatic rings. The van der Waals surface area contributed by atoms with E-state index in [0.717, 1.165) is 19.3 Å². The Balaban J connectivity index is 2.05. The molecule has 0 spiro atoms. The van der Waals surface area contributed by atoms with E-state index in [1.54, 1.807) is 18.3 Å². The van der Waals surface area contributed by atoms with Crippen molar-refractivity contribution in [2.45, 2.75) is 25.7 Å². The molecule has 0 bridgehead atoms. The first-order valence-electron chi connectivity index (χ1n) is 6.34. The van der Waals surface area contributed by atoms with Crippen molar-refractivity contribution in [1.29, 1.82) is 0 Å². The number of rotatable bonds is 3. The molecule has 2 unspecified atom stereocenters. The molecular weight excluding hydrogens is 250 g/mol. The first-order chi connectivity index (χ1) is 8.72. The fourth-order valence-electron chi connectivity index (χ4n) is 2.54. The van der Waals surface area contributed by atoms with E-state index < -0.39 is 0 Å². The van der Waals surface area contributed by atoms with Crippen molar-refractivity contribution in [1.82, 2.24) is 4.98 Å². The Bertz CT molecular complexity index is 424. The van der Waals surface area contributed by atoms with Crippen molar-refractivity contribution >= 4 is 23.2 Å². The Morgan fingerprint density at radius 2 is 2.28 bits per heavy atom. The summed E-state index contributed by atoms with van der Waals surface area (Å²) in [6.07, 6.45) is 5.80. The Hall–Kier alpha value is -1.13. The fourth-order valence-corrected chi connectivity index (χ4v) is 2.71. The van der Waals surface area contributed by atoms with Gasteiger partial charge in [0, 0.05) is 12.1 Å². The van der Waals surface area contributed by atoms with Crippen LogP contribution in [0, 0.1) is 11.8 Å². The Kier molecular flexibility index (Phi) is 4.55. The second-order valence-corrected chi connectivity index (χ2v) is 5.08. The van der Waals surface area contributed by atoms with Crippen molar-refractivity contribution in [3.63, 3.8) is 0 Å². The van der Waals surface area contributed by atoms with Crippen LogP contribution < -0.4 is 11.1 Å². The highest BCUT2D eigenvalue weighted by Crippen LogP contribution is 2.30. The second-order valence-electron chi connectivity index (χ2n) is 4.72. The molecule has 2 rings (SSSR count). The van der Waals surface area contributed by atoms with Gasteiger partial charge < -0.3 is 11.1 Å². The molecule has 2 atom stereocenters. The predicted molar refractivity (Wildman–Crippen MR) is 72.4 cm³/mol. The number of hydrogen-bond donors (Lipinski definition) is 2. The molecule has 98 valence electrons. The van der Waals surface area contributed by atoms with Crippen LogP contribution in [0.15, 0.2) is 18.3 Å². The molecule has 3 N–H and O–H groups in total. The lowest BCUT2D eigenvalue weighted by atomic mass is 9.79. The number of nitrogens with one attached hydrogen (secondary N) is 1. The van der Waals surface area contributed by atoms with Crippen molar-refractivity contribution in [3.8, 4) is 0 Å². The molecular formula is C13H18ClN3O. The van der Waals surface area contributed by atoms with E-state index in [2.05, 4.69) is 10.3 Å². The lowest BCUT2D eigenvalue weighted by Gasteiger charge is -2.29. The van der Waals surface area contributed by atoms with Crippen LogP contribution in [0.4, 0.5) is 5.69 Å². The Morgan fingerprint density at radius 1 is 1.50 bits per heavy atom. The largest absolute Gasteiger partial charge is 0.330 e. The van der Waals surface area contributed by atoms with Gasteiger partial charge in [-0.15, -0.1) is 0 Å². The summed E-state index contributed by atoms with van der Waals surface area (Å²) < 4.78 is 0. The number of hydrogen-bond acceptors (Lipinski definition) is 3. The van der Waals surface area contributed by atoms with E-state index in [1.165, 1.54) is 6.42 Å². The average molecular weight is 268 g/mol. The van der Waals surface area contributed by atoms with Crippen molar-refractivity contribution in [2.24, 2.45) is 17.6 Å². The Morgan fingerprint density at radius 3 is 3.00 bits per heavy atom. The molecule has 1 amide bonds. The lowest BCUT2D eigenvalue weighted by molar-refractivity contribution is -0.122. The first kappa shape index (κ1) is 13.3. The highest BCUT2D eigenvalue weighted by Gasteiger charge is 2.30. The number of carbonyl (C=O) groups excluding carboxylic acids is 1. The molecule has 4 nitrogen and oxygen atoms in total. The highest BCUT2D eigenvalue weighted by atomic mass is 35.5. The van der Waals surface area contributed by atoms with E-state index in [9.17, 15) is 4.79 Å². The van der Waals surface area contributed by atoms with Gasteiger partial charge in [0.2, 0.25) is 5.91 Å². The smallest absolute Gasteiger partial charge is 0.227 e. The summed E-state index contributed by atoms with van der Waals surface area (Å²) in [5.41, 5.74) is 6.31. The molecule has 0 saturated heterocycles. The van der Waals surface area contributed by atoms with Crippen LogP contribution in [-0.4, -0.2) is 17.4 Å². The van der Waals surface area contributed by atoms with Crippen molar-refractivity contribution < 1.29 is 4.79 Å². The standard InChI is InChI=1S/C13H18ClN3O/c14-12-11(6-3-7-16-12)17-13(18)10-5-2-1-4-9(10)8-15/h3,6-7,9-10H,1-2,4-5,8,15H2,(H,17,18). The van der Waals surface area contributed by atoms with Gasteiger partial charge in [-0.25, -0.2) is 4.98 Å². The normalized spacial score (nSPS) is 23.7. The zero-order chi connectivity index (χ0) is 13.0. The van der Waals surface area contributed by atoms with E-state index in [0.29, 0.717) is 17.4 Å². The van der Waals surface area contributed by atoms with Crippen LogP contribution in [-0.2, 0) is 4.79 Å². The van der Waals surface area contributed by atoms with Gasteiger partial charge in [0.1, 0.15) is 0 Å². The molecule has 1 fully saturated rings. The molecule has 18 heavy (non-hydrogen) atoms. The second kappa shape index (κ2) is 6.16. The molecule has 1 saturated carbocycles. The first-order valence-corrected chi connectivity index (χ1v) is 6.71. The summed E-state index contributed by atoms with van der Waals surface area (Å²) in [4.78, 5) is 16.2. The van der Waals surface area contributed by atoms with E-state index in [-0.39, 0.29) is 17.7 Å². The van der Waals surface area contributed by atoms with E-state index in [4.69, 9.17) is 17.3 Å². The van der Waals surface area contributed by atoms with Crippen LogP contribution in [0.3, 0.4) is 0 Å². The number of anilines is 1. The van der Waals surface area contributed by atoms with Gasteiger partial charge in [-0.05, 0) is 37.4 Å². The maximum Gasteiger partial charge on any atom is 0.227 e. The molecule has 0 radical (unpaired) electrons. The summed E-state index contributed by atoms with van der Waals surface area (Å²) in [6.45, 7) is 0.568. The number of aromatic nitrogens is 1. The van der Waals surface area contributed by atoms with E-state index >= 15 is 0 Å². The molecule has 1 aliphatic carbocycles. The van der Waals surface area contributed by atoms with Gasteiger partial charge in [-0.2, -0.15) is 0 Å². The predicted octanol–water partition coefficient (Wildman–Crippen LogP) is 2.44. The minimum Gasteiger partial charge on any atom is -0.330 e. The zero-order valence-electron chi connectivity index (χ0n) is 10.2. The van der Waals surface area contributed by atoms with Crippen LogP contribution in [0.25, 0.3) is 0 Å². The van der Waals surface area contributed by atoms with Crippen LogP contribution in [0.5, 0.6) is 0 Å². The van der Waals surface area contributed by atoms with Gasteiger partial charge in [-0.3, -0.25) is 4.79 Å². The van der Waals surface area contributed by atoms with Crippen LogP contribution in [0.1, 0.15) is 25.7 Å². The van der Waals surface area contributed by atoms with Gasteiger partial charge in [0.15, 0.2) is 5.15 Å². The van der Waals surface area contributed by atoms with Crippen LogP contribution >= 0.6 is 11.6 Å². The number of nitrogens with two attached hydrogens (primary N) is 1. The van der Waals surface area contributed by atoms with Crippen LogP contribution in [0.2, 0.25) is 5.15 Å². The third-order valence-corrected chi connectivity index (χ3v) is 3.87. The summed E-state index contributed by atoms with van der Waals surface area (Å²) in [5.74, 6) is 0.300. The third kappa shape index (κ3) is 3.00. The monoisotopic (exact) mass is 267 g/mol. The summed E-state index contributed by atoms with van der Waals surface area (Å²) in [5, 5.41) is 3.18. The van der Waals surface area contributed by atoms with Crippen molar-refractivity contribution in [3.05, 3.63) is 23.5 Å². The molecule has 5 heteroatoms. The number of amides is 1. The maximum absolute atomic E-state index is 12.2. The highest BCUT2D eigenvalue weighted by molar-refractivity contribution is 6.32. The minimum atomic E-state index is 0.0000211. The minimum absolute atomic E-state index is 0.0000211. The molecule has 0 aliphatic heterocycles. The number of halogens is 1. The summed E-state index contributed by atoms with van der Waals surface area (Å²) in [6, 6.07) is 3.51. The molecule has 1 aromatic rings. The number of nitrogens with zero attached hydrogens (tertiary/aromatic N) is 1. The quantitative estimate of drug-likeness (QED) is 0.827. The molecule has 0 aromatic carbocycles. The number of pyridine rings is 1. The Labute approximate surface area is 112 Å². The van der Waals surface area contributed by atoms with Crippen molar-refractivity contribution in [2.75, 3.05) is 11.9 Å². The maximum atomic E-state index is 12.2. The van der Waals surface area contributed by atoms with E-state index in [1.807, 2.05) is 0 Å². The van der Waals surface area contributed by atoms with Gasteiger partial charge in [-0.1, -0.05) is 24.4 Å². The number of carbonyl (C=O) groups is 1. The fraction of sp³-hybridized carbons (Fsp3) is 0.538. The molecule has 1 aromatic heterocycles. The zero-order valence-corrected chi connectivity index (χ0v) is 11.0. The molecule has 1 heterocycles. The average Bonchev–Trinajstić information content (AvgIpc) is 2.41. The third-order valence-electron chi connectivity index (χ3n) is 3.57. The summed E-state index contributed by atoms with van der Waals surface area (Å²) >= 11 is 5.93. The SMILES string of the molecule is NCC1CCCCC1C(=O)Nc1cccnc1Cl. The topological polar surface area (TPSA) is 68.0 Å². The van der Waals surface area contributed by atoms with Gasteiger partial charge >= 0.3 is 0 Å². The van der Waals surface area contributed by atoms with Gasteiger partial charge in [0.05, 0.1) is 5.69 Å². The lowest BCUT2D eigenvalue weighted by Crippen LogP contribution is -2.35. The van der Waals surface area contributed by atoms with Gasteiger partial charge in [0.25, 0.3) is 0 Å².